The van der Waals surface area contributed by atoms with Crippen molar-refractivity contribution in [3.8, 4) is 5.75 Å². The first-order valence-corrected chi connectivity index (χ1v) is 11.8. The number of carbonyl (C=O) groups excluding carboxylic acids is 1. The zero-order chi connectivity index (χ0) is 23.8. The molecule has 4 rings (SSSR count). The van der Waals surface area contributed by atoms with Gasteiger partial charge >= 0.3 is 5.97 Å². The van der Waals surface area contributed by atoms with Crippen molar-refractivity contribution in [1.29, 1.82) is 0 Å². The van der Waals surface area contributed by atoms with Crippen LogP contribution in [0.15, 0.2) is 73.1 Å². The van der Waals surface area contributed by atoms with Gasteiger partial charge in [-0.05, 0) is 72.2 Å². The van der Waals surface area contributed by atoms with E-state index in [-0.39, 0.29) is 12.3 Å². The molecule has 2 heterocycles. The maximum Gasteiger partial charge on any atom is 0.304 e. The van der Waals surface area contributed by atoms with Gasteiger partial charge in [0.25, 0.3) is 0 Å². The molecule has 1 aliphatic rings. The number of aliphatic carboxylic acids is 1. The first-order valence-electron chi connectivity index (χ1n) is 11.8. The summed E-state index contributed by atoms with van der Waals surface area (Å²) in [6.45, 7) is 1.63. The SMILES string of the molecule is O=C(O)CC1Cc2cc(OCCCc3ccncc3)ccc2CN(CCc2ccccc2)C1=O. The highest BCUT2D eigenvalue weighted by molar-refractivity contribution is 5.84. The van der Waals surface area contributed by atoms with Crippen molar-refractivity contribution in [3.63, 3.8) is 0 Å². The maximum absolute atomic E-state index is 13.2. The van der Waals surface area contributed by atoms with Gasteiger partial charge in [0.2, 0.25) is 5.91 Å². The highest BCUT2D eigenvalue weighted by Crippen LogP contribution is 2.28. The molecular weight excluding hydrogens is 428 g/mol. The fraction of sp³-hybridized carbons (Fsp3) is 0.321. The fourth-order valence-corrected chi connectivity index (χ4v) is 4.41. The highest BCUT2D eigenvalue weighted by atomic mass is 16.5. The Bertz CT molecular complexity index is 1100. The van der Waals surface area contributed by atoms with Crippen LogP contribution in [0.4, 0.5) is 0 Å². The van der Waals surface area contributed by atoms with E-state index in [1.54, 1.807) is 12.4 Å². The van der Waals surface area contributed by atoms with Gasteiger partial charge in [-0.3, -0.25) is 14.6 Å². The van der Waals surface area contributed by atoms with Gasteiger partial charge in [-0.15, -0.1) is 0 Å². The van der Waals surface area contributed by atoms with E-state index in [1.807, 2.05) is 65.6 Å². The van der Waals surface area contributed by atoms with Crippen LogP contribution in [0.25, 0.3) is 0 Å². The number of pyridine rings is 1. The van der Waals surface area contributed by atoms with Crippen LogP contribution in [-0.4, -0.2) is 40.0 Å². The Balaban J connectivity index is 1.43. The van der Waals surface area contributed by atoms with Crippen molar-refractivity contribution in [2.45, 2.75) is 38.6 Å². The molecule has 2 aromatic carbocycles. The predicted octanol–water partition coefficient (Wildman–Crippen LogP) is 4.31. The van der Waals surface area contributed by atoms with Crippen LogP contribution in [0.5, 0.6) is 5.75 Å². The summed E-state index contributed by atoms with van der Waals surface area (Å²) >= 11 is 0. The molecule has 0 saturated heterocycles. The topological polar surface area (TPSA) is 79.7 Å². The number of carboxylic acids is 1. The molecule has 34 heavy (non-hydrogen) atoms. The minimum Gasteiger partial charge on any atom is -0.494 e. The molecule has 0 bridgehead atoms. The number of carboxylic acid groups (broad SMARTS) is 1. The summed E-state index contributed by atoms with van der Waals surface area (Å²) in [7, 11) is 0. The molecule has 0 spiro atoms. The Morgan fingerprint density at radius 3 is 2.53 bits per heavy atom. The smallest absolute Gasteiger partial charge is 0.304 e. The van der Waals surface area contributed by atoms with Crippen molar-refractivity contribution >= 4 is 11.9 Å². The molecule has 0 aliphatic carbocycles. The number of ether oxygens (including phenoxy) is 1. The molecule has 1 aromatic heterocycles. The summed E-state index contributed by atoms with van der Waals surface area (Å²) in [6, 6.07) is 20.0. The number of aryl methyl sites for hydroxylation is 1. The van der Waals surface area contributed by atoms with Crippen molar-refractivity contribution in [1.82, 2.24) is 9.88 Å². The van der Waals surface area contributed by atoms with E-state index in [0.717, 1.165) is 41.7 Å². The summed E-state index contributed by atoms with van der Waals surface area (Å²) in [5.41, 5.74) is 4.43. The number of benzene rings is 2. The van der Waals surface area contributed by atoms with Crippen LogP contribution in [0.1, 0.15) is 35.1 Å². The number of carbonyl (C=O) groups is 2. The summed E-state index contributed by atoms with van der Waals surface area (Å²) in [4.78, 5) is 30.6. The minimum atomic E-state index is -0.951. The van der Waals surface area contributed by atoms with Crippen molar-refractivity contribution in [2.75, 3.05) is 13.2 Å². The third kappa shape index (κ3) is 6.44. The zero-order valence-corrected chi connectivity index (χ0v) is 19.2. The molecule has 1 atom stereocenters. The van der Waals surface area contributed by atoms with Gasteiger partial charge in [0.15, 0.2) is 0 Å². The Hall–Kier alpha value is -3.67. The van der Waals surface area contributed by atoms with Crippen LogP contribution in [0.3, 0.4) is 0 Å². The number of fused-ring (bicyclic) bond motifs is 1. The van der Waals surface area contributed by atoms with E-state index in [0.29, 0.717) is 26.1 Å². The van der Waals surface area contributed by atoms with E-state index >= 15 is 0 Å². The predicted molar refractivity (Wildman–Crippen MR) is 130 cm³/mol. The second-order valence-electron chi connectivity index (χ2n) is 8.73. The Kier molecular flexibility index (Phi) is 7.91. The summed E-state index contributed by atoms with van der Waals surface area (Å²) in [5.74, 6) is -0.855. The summed E-state index contributed by atoms with van der Waals surface area (Å²) in [5, 5.41) is 9.41. The molecule has 6 heteroatoms. The summed E-state index contributed by atoms with van der Waals surface area (Å²) in [6.07, 6.45) is 6.36. The maximum atomic E-state index is 13.2. The largest absolute Gasteiger partial charge is 0.494 e. The Morgan fingerprint density at radius 2 is 1.76 bits per heavy atom. The van der Waals surface area contributed by atoms with E-state index in [4.69, 9.17) is 4.74 Å². The van der Waals surface area contributed by atoms with E-state index in [9.17, 15) is 14.7 Å². The highest BCUT2D eigenvalue weighted by Gasteiger charge is 2.31. The minimum absolute atomic E-state index is 0.0886. The fourth-order valence-electron chi connectivity index (χ4n) is 4.41. The molecular formula is C28H30N2O4. The lowest BCUT2D eigenvalue weighted by atomic mass is 9.94. The molecule has 0 saturated carbocycles. The van der Waals surface area contributed by atoms with Gasteiger partial charge in [0.05, 0.1) is 18.9 Å². The second-order valence-corrected chi connectivity index (χ2v) is 8.73. The standard InChI is InChI=1S/C28H30N2O4/c31-27(32)19-25-17-24-18-26(34-16-4-7-22-10-13-29-14-11-22)9-8-23(24)20-30(28(25)33)15-12-21-5-2-1-3-6-21/h1-3,5-6,8-11,13-14,18,25H,4,7,12,15-17,19-20H2,(H,31,32). The third-order valence-corrected chi connectivity index (χ3v) is 6.23. The molecule has 0 radical (unpaired) electrons. The second kappa shape index (κ2) is 11.5. The lowest BCUT2D eigenvalue weighted by Crippen LogP contribution is -2.37. The van der Waals surface area contributed by atoms with Crippen molar-refractivity contribution < 1.29 is 19.4 Å². The molecule has 6 nitrogen and oxygen atoms in total. The molecule has 1 amide bonds. The van der Waals surface area contributed by atoms with Gasteiger partial charge in [-0.2, -0.15) is 0 Å². The number of amides is 1. The third-order valence-electron chi connectivity index (χ3n) is 6.23. The van der Waals surface area contributed by atoms with Crippen LogP contribution in [0.2, 0.25) is 0 Å². The lowest BCUT2D eigenvalue weighted by molar-refractivity contribution is -0.144. The van der Waals surface area contributed by atoms with E-state index in [2.05, 4.69) is 4.98 Å². The first-order chi connectivity index (χ1) is 16.6. The van der Waals surface area contributed by atoms with Crippen LogP contribution < -0.4 is 4.74 Å². The van der Waals surface area contributed by atoms with E-state index in [1.165, 1.54) is 5.56 Å². The molecule has 0 fully saturated rings. The first kappa shape index (κ1) is 23.5. The Labute approximate surface area is 200 Å². The van der Waals surface area contributed by atoms with Crippen LogP contribution in [-0.2, 0) is 35.4 Å². The van der Waals surface area contributed by atoms with Crippen LogP contribution in [0, 0.1) is 5.92 Å². The van der Waals surface area contributed by atoms with Gasteiger partial charge in [0.1, 0.15) is 5.75 Å². The van der Waals surface area contributed by atoms with Gasteiger partial charge in [-0.1, -0.05) is 36.4 Å². The van der Waals surface area contributed by atoms with Crippen molar-refractivity contribution in [3.05, 3.63) is 95.3 Å². The van der Waals surface area contributed by atoms with Crippen LogP contribution >= 0.6 is 0 Å². The number of nitrogens with zero attached hydrogens (tertiary/aromatic N) is 2. The normalized spacial score (nSPS) is 15.5. The van der Waals surface area contributed by atoms with Gasteiger partial charge < -0.3 is 14.7 Å². The average molecular weight is 459 g/mol. The monoisotopic (exact) mass is 458 g/mol. The van der Waals surface area contributed by atoms with E-state index < -0.39 is 11.9 Å². The number of aromatic nitrogens is 1. The number of rotatable bonds is 10. The molecule has 3 aromatic rings. The lowest BCUT2D eigenvalue weighted by Gasteiger charge is -2.24. The molecule has 1 aliphatic heterocycles. The molecule has 1 unspecified atom stereocenters. The average Bonchev–Trinajstić information content (AvgIpc) is 2.97. The number of hydrogen-bond acceptors (Lipinski definition) is 4. The Morgan fingerprint density at radius 1 is 1.00 bits per heavy atom. The summed E-state index contributed by atoms with van der Waals surface area (Å²) < 4.78 is 5.98. The number of hydrogen-bond donors (Lipinski definition) is 1. The van der Waals surface area contributed by atoms with Gasteiger partial charge in [-0.25, -0.2) is 0 Å². The van der Waals surface area contributed by atoms with Crippen molar-refractivity contribution in [2.24, 2.45) is 5.92 Å². The van der Waals surface area contributed by atoms with Gasteiger partial charge in [0, 0.05) is 25.5 Å². The zero-order valence-electron chi connectivity index (χ0n) is 19.2. The quantitative estimate of drug-likeness (QED) is 0.458. The molecule has 176 valence electrons. The molecule has 1 N–H and O–H groups in total.